The Balaban J connectivity index is 1.33. The summed E-state index contributed by atoms with van der Waals surface area (Å²) in [6.45, 7) is 1.50. The molecule has 0 spiro atoms. The van der Waals surface area contributed by atoms with Gasteiger partial charge in [-0.05, 0) is 37.3 Å². The van der Waals surface area contributed by atoms with Gasteiger partial charge in [-0.1, -0.05) is 12.1 Å². The highest BCUT2D eigenvalue weighted by atomic mass is 32.1. The second kappa shape index (κ2) is 7.82. The third-order valence-electron chi connectivity index (χ3n) is 5.67. The van der Waals surface area contributed by atoms with Crippen molar-refractivity contribution >= 4 is 45.8 Å². The predicted molar refractivity (Wildman–Crippen MR) is 121 cm³/mol. The molecule has 0 unspecified atom stereocenters. The molecule has 0 fully saturated rings. The van der Waals surface area contributed by atoms with Crippen molar-refractivity contribution in [1.29, 1.82) is 0 Å². The van der Waals surface area contributed by atoms with Gasteiger partial charge in [0.2, 0.25) is 5.91 Å². The van der Waals surface area contributed by atoms with Crippen LogP contribution in [0.4, 0.5) is 10.8 Å². The summed E-state index contributed by atoms with van der Waals surface area (Å²) < 4.78 is 5.44. The fourth-order valence-corrected chi connectivity index (χ4v) is 4.50. The summed E-state index contributed by atoms with van der Waals surface area (Å²) in [5.74, 6) is -1.04. The van der Waals surface area contributed by atoms with Crippen molar-refractivity contribution in [2.24, 2.45) is 0 Å². The van der Waals surface area contributed by atoms with E-state index in [0.717, 1.165) is 10.5 Å². The summed E-state index contributed by atoms with van der Waals surface area (Å²) in [7, 11) is 1.68. The molecule has 33 heavy (non-hydrogen) atoms. The van der Waals surface area contributed by atoms with Crippen LogP contribution in [0.25, 0.3) is 11.3 Å². The number of rotatable bonds is 4. The van der Waals surface area contributed by atoms with Gasteiger partial charge in [-0.3, -0.25) is 24.1 Å². The van der Waals surface area contributed by atoms with Gasteiger partial charge >= 0.3 is 0 Å². The molecule has 1 N–H and O–H groups in total. The number of hydrogen-bond donors (Lipinski definition) is 1. The van der Waals surface area contributed by atoms with E-state index in [0.29, 0.717) is 33.4 Å². The number of imide groups is 1. The zero-order chi connectivity index (χ0) is 23.3. The Hall–Kier alpha value is -4.05. The van der Waals surface area contributed by atoms with Crippen LogP contribution < -0.4 is 15.0 Å². The van der Waals surface area contributed by atoms with Crippen LogP contribution in [0.1, 0.15) is 27.6 Å². The quantitative estimate of drug-likeness (QED) is 0.598. The number of carbonyl (C=O) groups excluding carboxylic acids is 4. The predicted octanol–water partition coefficient (Wildman–Crippen LogP) is 2.79. The third-order valence-corrected chi connectivity index (χ3v) is 6.43. The van der Waals surface area contributed by atoms with Gasteiger partial charge in [0, 0.05) is 18.0 Å². The maximum absolute atomic E-state index is 12.8. The van der Waals surface area contributed by atoms with Gasteiger partial charge in [0.1, 0.15) is 11.8 Å². The van der Waals surface area contributed by atoms with E-state index in [1.807, 2.05) is 6.07 Å². The molecule has 1 aromatic heterocycles. The van der Waals surface area contributed by atoms with Gasteiger partial charge < -0.3 is 15.0 Å². The summed E-state index contributed by atoms with van der Waals surface area (Å²) in [4.78, 5) is 56.9. The number of nitrogens with one attached hydrogen (secondary N) is 1. The summed E-state index contributed by atoms with van der Waals surface area (Å²) in [6.07, 6.45) is 0. The molecule has 2 aliphatic rings. The second-order valence-corrected chi connectivity index (χ2v) is 8.51. The van der Waals surface area contributed by atoms with Crippen LogP contribution in [0.15, 0.2) is 47.8 Å². The molecule has 0 radical (unpaired) electrons. The van der Waals surface area contributed by atoms with Gasteiger partial charge in [-0.2, -0.15) is 0 Å². The molecule has 166 valence electrons. The Bertz CT molecular complexity index is 1300. The number of benzene rings is 2. The first kappa shape index (κ1) is 20.8. The van der Waals surface area contributed by atoms with Gasteiger partial charge in [-0.25, -0.2) is 4.98 Å². The summed E-state index contributed by atoms with van der Waals surface area (Å²) in [5, 5.41) is 4.79. The van der Waals surface area contributed by atoms with E-state index in [1.165, 1.54) is 23.2 Å². The fraction of sp³-hybridized carbons (Fsp3) is 0.174. The van der Waals surface area contributed by atoms with E-state index in [1.54, 1.807) is 48.8 Å². The first-order chi connectivity index (χ1) is 15.8. The molecule has 3 heterocycles. The molecular weight excluding hydrogens is 444 g/mol. The van der Waals surface area contributed by atoms with Crippen molar-refractivity contribution in [2.45, 2.75) is 13.0 Å². The maximum Gasteiger partial charge on any atom is 0.264 e. The first-order valence-electron chi connectivity index (χ1n) is 10.1. The molecule has 4 amide bonds. The van der Waals surface area contributed by atoms with Crippen LogP contribution in [0, 0.1) is 0 Å². The number of anilines is 2. The minimum Gasteiger partial charge on any atom is -0.482 e. The zero-order valence-electron chi connectivity index (χ0n) is 17.7. The molecule has 0 bridgehead atoms. The minimum atomic E-state index is -1.01. The third kappa shape index (κ3) is 3.44. The minimum absolute atomic E-state index is 0.00101. The highest BCUT2D eigenvalue weighted by Crippen LogP contribution is 2.36. The SMILES string of the molecule is C[C@H](C(=O)Nc1nc(-c2ccc3c(c2)N(C)C(=O)CO3)cs1)N1C(=O)c2ccccc2C1=O. The lowest BCUT2D eigenvalue weighted by Gasteiger charge is -2.26. The van der Waals surface area contributed by atoms with Crippen molar-refractivity contribution in [3.8, 4) is 17.0 Å². The molecule has 1 atom stereocenters. The van der Waals surface area contributed by atoms with E-state index in [4.69, 9.17) is 4.74 Å². The number of likely N-dealkylation sites (N-methyl/N-ethyl adjacent to an activating group) is 1. The number of thiazole rings is 1. The van der Waals surface area contributed by atoms with Gasteiger partial charge in [0.05, 0.1) is 22.5 Å². The van der Waals surface area contributed by atoms with Crippen LogP contribution in [-0.4, -0.2) is 53.2 Å². The van der Waals surface area contributed by atoms with E-state index >= 15 is 0 Å². The van der Waals surface area contributed by atoms with E-state index in [9.17, 15) is 19.2 Å². The number of hydrogen-bond acceptors (Lipinski definition) is 7. The summed E-state index contributed by atoms with van der Waals surface area (Å²) in [6, 6.07) is 10.9. The number of carbonyl (C=O) groups is 4. The Morgan fingerprint density at radius 1 is 1.12 bits per heavy atom. The molecule has 2 aromatic carbocycles. The Morgan fingerprint density at radius 2 is 1.82 bits per heavy atom. The van der Waals surface area contributed by atoms with Gasteiger partial charge in [0.25, 0.3) is 17.7 Å². The Kier molecular flexibility index (Phi) is 4.94. The summed E-state index contributed by atoms with van der Waals surface area (Å²) in [5.41, 5.74) is 2.58. The van der Waals surface area contributed by atoms with Crippen LogP contribution in [0.2, 0.25) is 0 Å². The van der Waals surface area contributed by atoms with Crippen molar-refractivity contribution in [3.63, 3.8) is 0 Å². The average Bonchev–Trinajstić information content (AvgIpc) is 3.38. The van der Waals surface area contributed by atoms with Crippen LogP contribution >= 0.6 is 11.3 Å². The van der Waals surface area contributed by atoms with Crippen LogP contribution in [-0.2, 0) is 9.59 Å². The number of nitrogens with zero attached hydrogens (tertiary/aromatic N) is 3. The monoisotopic (exact) mass is 462 g/mol. The maximum atomic E-state index is 12.8. The number of ether oxygens (including phenoxy) is 1. The second-order valence-electron chi connectivity index (χ2n) is 7.65. The Labute approximate surface area is 192 Å². The van der Waals surface area contributed by atoms with Crippen molar-refractivity contribution in [1.82, 2.24) is 9.88 Å². The lowest BCUT2D eigenvalue weighted by Crippen LogP contribution is -2.45. The topological polar surface area (TPSA) is 109 Å². The van der Waals surface area contributed by atoms with Gasteiger partial charge in [-0.15, -0.1) is 11.3 Å². The highest BCUT2D eigenvalue weighted by Gasteiger charge is 2.40. The Morgan fingerprint density at radius 3 is 2.52 bits per heavy atom. The first-order valence-corrected chi connectivity index (χ1v) is 11.0. The van der Waals surface area contributed by atoms with E-state index in [2.05, 4.69) is 10.3 Å². The molecule has 3 aromatic rings. The molecule has 10 heteroatoms. The van der Waals surface area contributed by atoms with E-state index < -0.39 is 23.8 Å². The van der Waals surface area contributed by atoms with Crippen molar-refractivity contribution < 1.29 is 23.9 Å². The van der Waals surface area contributed by atoms with Crippen molar-refractivity contribution in [3.05, 3.63) is 59.0 Å². The zero-order valence-corrected chi connectivity index (χ0v) is 18.5. The number of amides is 4. The molecular formula is C23H18N4O5S. The molecule has 0 saturated heterocycles. The van der Waals surface area contributed by atoms with Crippen LogP contribution in [0.3, 0.4) is 0 Å². The van der Waals surface area contributed by atoms with Crippen LogP contribution in [0.5, 0.6) is 5.75 Å². The number of fused-ring (bicyclic) bond motifs is 2. The van der Waals surface area contributed by atoms with Crippen molar-refractivity contribution in [2.75, 3.05) is 23.9 Å². The van der Waals surface area contributed by atoms with E-state index in [-0.39, 0.29) is 12.5 Å². The largest absolute Gasteiger partial charge is 0.482 e. The van der Waals surface area contributed by atoms with Gasteiger partial charge in [0.15, 0.2) is 11.7 Å². The molecule has 0 saturated carbocycles. The highest BCUT2D eigenvalue weighted by molar-refractivity contribution is 7.14. The molecule has 0 aliphatic carbocycles. The normalized spacial score (nSPS) is 15.8. The molecule has 5 rings (SSSR count). The molecule has 2 aliphatic heterocycles. The lowest BCUT2D eigenvalue weighted by molar-refractivity contribution is -0.121. The fourth-order valence-electron chi connectivity index (χ4n) is 3.78. The molecule has 9 nitrogen and oxygen atoms in total. The average molecular weight is 462 g/mol. The smallest absolute Gasteiger partial charge is 0.264 e. The summed E-state index contributed by atoms with van der Waals surface area (Å²) >= 11 is 1.22. The standard InChI is InChI=1S/C23H18N4O5S/c1-12(27-21(30)14-5-3-4-6-15(14)22(27)31)20(29)25-23-24-16(11-33-23)13-7-8-18-17(9-13)26(2)19(28)10-32-18/h3-9,11-12H,10H2,1-2H3,(H,24,25,29)/t12-/m1/s1. The number of aromatic nitrogens is 1. The lowest BCUT2D eigenvalue weighted by atomic mass is 10.1.